The standard InChI is InChI=1S/C19H28O7/c1-12(20)24-16-6-4-10-23-18(16)11-19(25-13(2)21)17-8-7-14-15(26-17)5-3-9-22-14/h7-8,14-19H,3-6,9-11H2,1-2H3/t14-,15+,16-,17+,18+,19-/m0/s1. The molecule has 2 saturated heterocycles. The minimum absolute atomic E-state index is 0.0200. The summed E-state index contributed by atoms with van der Waals surface area (Å²) in [6, 6.07) is 0. The Kier molecular flexibility index (Phi) is 6.67. The van der Waals surface area contributed by atoms with E-state index in [4.69, 9.17) is 23.7 Å². The first-order chi connectivity index (χ1) is 12.5. The van der Waals surface area contributed by atoms with Gasteiger partial charge >= 0.3 is 11.9 Å². The molecule has 3 heterocycles. The van der Waals surface area contributed by atoms with Gasteiger partial charge in [-0.1, -0.05) is 12.2 Å². The fourth-order valence-electron chi connectivity index (χ4n) is 3.85. The van der Waals surface area contributed by atoms with Crippen molar-refractivity contribution < 1.29 is 33.3 Å². The molecule has 0 aliphatic carbocycles. The number of carbonyl (C=O) groups excluding carboxylic acids is 2. The normalized spacial score (nSPS) is 35.2. The molecule has 0 saturated carbocycles. The van der Waals surface area contributed by atoms with Crippen molar-refractivity contribution in [3.8, 4) is 0 Å². The molecule has 0 unspecified atom stereocenters. The summed E-state index contributed by atoms with van der Waals surface area (Å²) in [4.78, 5) is 23.0. The summed E-state index contributed by atoms with van der Waals surface area (Å²) < 4.78 is 28.6. The molecule has 3 aliphatic heterocycles. The van der Waals surface area contributed by atoms with Crippen molar-refractivity contribution in [2.75, 3.05) is 13.2 Å². The molecule has 0 aromatic rings. The van der Waals surface area contributed by atoms with E-state index in [1.54, 1.807) is 0 Å². The van der Waals surface area contributed by atoms with E-state index in [0.717, 1.165) is 32.3 Å². The molecule has 0 aromatic carbocycles. The molecular formula is C19H28O7. The van der Waals surface area contributed by atoms with E-state index >= 15 is 0 Å². The van der Waals surface area contributed by atoms with Crippen molar-refractivity contribution in [1.29, 1.82) is 0 Å². The minimum atomic E-state index is -0.493. The van der Waals surface area contributed by atoms with Gasteiger partial charge in [-0.05, 0) is 25.7 Å². The highest BCUT2D eigenvalue weighted by Crippen LogP contribution is 2.29. The van der Waals surface area contributed by atoms with Crippen LogP contribution in [0.5, 0.6) is 0 Å². The Morgan fingerprint density at radius 1 is 1.08 bits per heavy atom. The summed E-state index contributed by atoms with van der Waals surface area (Å²) in [7, 11) is 0. The van der Waals surface area contributed by atoms with E-state index in [1.807, 2.05) is 12.2 Å². The van der Waals surface area contributed by atoms with Gasteiger partial charge in [0, 0.05) is 33.5 Å². The maximum absolute atomic E-state index is 11.6. The number of hydrogen-bond acceptors (Lipinski definition) is 7. The Bertz CT molecular complexity index is 532. The molecule has 0 radical (unpaired) electrons. The van der Waals surface area contributed by atoms with Gasteiger partial charge in [0.25, 0.3) is 0 Å². The third kappa shape index (κ3) is 5.05. The SMILES string of the molecule is CC(=O)O[C@@H](C[C@H]1OCCC[C@@H]1OC(C)=O)[C@H]1C=C[C@@H]2OCCC[C@H]2O1. The van der Waals surface area contributed by atoms with E-state index < -0.39 is 6.10 Å². The van der Waals surface area contributed by atoms with Gasteiger partial charge in [0.15, 0.2) is 0 Å². The molecule has 0 amide bonds. The van der Waals surface area contributed by atoms with Gasteiger partial charge < -0.3 is 23.7 Å². The first kappa shape index (κ1) is 19.3. The van der Waals surface area contributed by atoms with Gasteiger partial charge in [0.2, 0.25) is 0 Å². The van der Waals surface area contributed by atoms with Crippen molar-refractivity contribution >= 4 is 11.9 Å². The van der Waals surface area contributed by atoms with Gasteiger partial charge in [-0.2, -0.15) is 0 Å². The van der Waals surface area contributed by atoms with Crippen LogP contribution in [0.4, 0.5) is 0 Å². The van der Waals surface area contributed by atoms with Crippen LogP contribution in [0, 0.1) is 0 Å². The van der Waals surface area contributed by atoms with Gasteiger partial charge in [-0.15, -0.1) is 0 Å². The zero-order valence-electron chi connectivity index (χ0n) is 15.4. The van der Waals surface area contributed by atoms with Crippen LogP contribution in [0.25, 0.3) is 0 Å². The van der Waals surface area contributed by atoms with Crippen LogP contribution in [0.1, 0.15) is 46.0 Å². The average Bonchev–Trinajstić information content (AvgIpc) is 2.61. The molecule has 0 bridgehead atoms. The molecule has 0 spiro atoms. The highest BCUT2D eigenvalue weighted by atomic mass is 16.6. The Morgan fingerprint density at radius 3 is 2.62 bits per heavy atom. The third-order valence-corrected chi connectivity index (χ3v) is 4.98. The fraction of sp³-hybridized carbons (Fsp3) is 0.789. The first-order valence-corrected chi connectivity index (χ1v) is 9.44. The lowest BCUT2D eigenvalue weighted by Gasteiger charge is -2.39. The second kappa shape index (κ2) is 8.97. The van der Waals surface area contributed by atoms with Crippen LogP contribution >= 0.6 is 0 Å². The number of esters is 2. The predicted octanol–water partition coefficient (Wildman–Crippen LogP) is 1.92. The van der Waals surface area contributed by atoms with E-state index in [-0.39, 0.29) is 42.5 Å². The monoisotopic (exact) mass is 368 g/mol. The summed E-state index contributed by atoms with van der Waals surface area (Å²) in [6.45, 7) is 4.13. The van der Waals surface area contributed by atoms with Crippen LogP contribution in [0.15, 0.2) is 12.2 Å². The lowest BCUT2D eigenvalue weighted by atomic mass is 9.94. The molecule has 0 aromatic heterocycles. The molecule has 3 aliphatic rings. The number of hydrogen-bond donors (Lipinski definition) is 0. The van der Waals surface area contributed by atoms with Crippen LogP contribution < -0.4 is 0 Å². The number of ether oxygens (including phenoxy) is 5. The summed E-state index contributed by atoms with van der Waals surface area (Å²) in [5.74, 6) is -0.695. The average molecular weight is 368 g/mol. The van der Waals surface area contributed by atoms with Crippen LogP contribution in [-0.4, -0.2) is 61.8 Å². The topological polar surface area (TPSA) is 80.3 Å². The summed E-state index contributed by atoms with van der Waals surface area (Å²) >= 11 is 0. The van der Waals surface area contributed by atoms with E-state index in [2.05, 4.69) is 0 Å². The summed E-state index contributed by atoms with van der Waals surface area (Å²) in [6.07, 6.45) is 6.27. The van der Waals surface area contributed by atoms with Gasteiger partial charge in [0.05, 0.1) is 12.2 Å². The summed E-state index contributed by atoms with van der Waals surface area (Å²) in [5.41, 5.74) is 0. The third-order valence-electron chi connectivity index (χ3n) is 4.98. The fourth-order valence-corrected chi connectivity index (χ4v) is 3.85. The highest BCUT2D eigenvalue weighted by Gasteiger charge is 2.38. The number of fused-ring (bicyclic) bond motifs is 1. The van der Waals surface area contributed by atoms with E-state index in [0.29, 0.717) is 13.0 Å². The molecule has 3 rings (SSSR count). The Balaban J connectivity index is 1.69. The second-order valence-corrected chi connectivity index (χ2v) is 7.08. The second-order valence-electron chi connectivity index (χ2n) is 7.08. The lowest BCUT2D eigenvalue weighted by Crippen LogP contribution is -2.48. The van der Waals surface area contributed by atoms with Crippen molar-refractivity contribution in [1.82, 2.24) is 0 Å². The Hall–Kier alpha value is -1.44. The Morgan fingerprint density at radius 2 is 1.85 bits per heavy atom. The van der Waals surface area contributed by atoms with Gasteiger partial charge in [-0.3, -0.25) is 9.59 Å². The van der Waals surface area contributed by atoms with Crippen LogP contribution in [-0.2, 0) is 33.3 Å². The first-order valence-electron chi connectivity index (χ1n) is 9.44. The molecular weight excluding hydrogens is 340 g/mol. The maximum Gasteiger partial charge on any atom is 0.303 e. The molecule has 7 heteroatoms. The van der Waals surface area contributed by atoms with E-state index in [1.165, 1.54) is 13.8 Å². The predicted molar refractivity (Wildman–Crippen MR) is 91.5 cm³/mol. The van der Waals surface area contributed by atoms with Crippen molar-refractivity contribution in [3.63, 3.8) is 0 Å². The molecule has 0 N–H and O–H groups in total. The Labute approximate surface area is 153 Å². The lowest BCUT2D eigenvalue weighted by molar-refractivity contribution is -0.181. The van der Waals surface area contributed by atoms with Crippen molar-refractivity contribution in [3.05, 3.63) is 12.2 Å². The van der Waals surface area contributed by atoms with Crippen molar-refractivity contribution in [2.24, 2.45) is 0 Å². The molecule has 26 heavy (non-hydrogen) atoms. The molecule has 6 atom stereocenters. The maximum atomic E-state index is 11.6. The number of carbonyl (C=O) groups is 2. The molecule has 7 nitrogen and oxygen atoms in total. The zero-order valence-corrected chi connectivity index (χ0v) is 15.4. The van der Waals surface area contributed by atoms with Crippen LogP contribution in [0.3, 0.4) is 0 Å². The van der Waals surface area contributed by atoms with Crippen LogP contribution in [0.2, 0.25) is 0 Å². The quantitative estimate of drug-likeness (QED) is 0.542. The molecule has 2 fully saturated rings. The summed E-state index contributed by atoms with van der Waals surface area (Å²) in [5, 5.41) is 0. The molecule has 146 valence electrons. The highest BCUT2D eigenvalue weighted by molar-refractivity contribution is 5.66. The van der Waals surface area contributed by atoms with E-state index in [9.17, 15) is 9.59 Å². The minimum Gasteiger partial charge on any atom is -0.460 e. The van der Waals surface area contributed by atoms with Gasteiger partial charge in [-0.25, -0.2) is 0 Å². The van der Waals surface area contributed by atoms with Gasteiger partial charge in [0.1, 0.15) is 24.4 Å². The zero-order chi connectivity index (χ0) is 18.5. The van der Waals surface area contributed by atoms with Crippen molar-refractivity contribution in [2.45, 2.75) is 82.6 Å². The smallest absolute Gasteiger partial charge is 0.303 e. The largest absolute Gasteiger partial charge is 0.460 e. The number of rotatable bonds is 5.